The molecule has 1 fully saturated rings. The Morgan fingerprint density at radius 2 is 2.17 bits per heavy atom. The van der Waals surface area contributed by atoms with E-state index in [0.717, 1.165) is 18.7 Å². The van der Waals surface area contributed by atoms with Gasteiger partial charge in [0.05, 0.1) is 6.61 Å². The van der Waals surface area contributed by atoms with Crippen molar-refractivity contribution in [3.63, 3.8) is 0 Å². The molecule has 2 rings (SSSR count). The van der Waals surface area contributed by atoms with Crippen LogP contribution in [0.25, 0.3) is 0 Å². The van der Waals surface area contributed by atoms with E-state index >= 15 is 0 Å². The third-order valence-corrected chi connectivity index (χ3v) is 2.85. The molecule has 1 atom stereocenters. The zero-order chi connectivity index (χ0) is 12.1. The molecule has 100 valence electrons. The Hall–Kier alpha value is -1.10. The van der Waals surface area contributed by atoms with Crippen LogP contribution in [-0.2, 0) is 16.0 Å². The fraction of sp³-hybridized carbons (Fsp3) is 0.462. The molecule has 5 heteroatoms. The Morgan fingerprint density at radius 3 is 2.72 bits per heavy atom. The van der Waals surface area contributed by atoms with E-state index in [1.54, 1.807) is 0 Å². The highest BCUT2D eigenvalue weighted by molar-refractivity contribution is 5.94. The third-order valence-electron chi connectivity index (χ3n) is 2.85. The normalized spacial score (nSPS) is 18.8. The molecular formula is C13H19ClN2O2. The van der Waals surface area contributed by atoms with E-state index in [1.807, 2.05) is 24.3 Å². The summed E-state index contributed by atoms with van der Waals surface area (Å²) < 4.78 is 5.38. The number of aryl methyl sites for hydroxylation is 1. The van der Waals surface area contributed by atoms with Crippen LogP contribution in [0.5, 0.6) is 0 Å². The van der Waals surface area contributed by atoms with Crippen LogP contribution in [0.2, 0.25) is 0 Å². The highest BCUT2D eigenvalue weighted by Crippen LogP contribution is 2.11. The minimum absolute atomic E-state index is 0. The number of carbonyl (C=O) groups excluding carboxylic acids is 1. The Balaban J connectivity index is 0.00000162. The maximum atomic E-state index is 11.8. The van der Waals surface area contributed by atoms with Crippen LogP contribution in [-0.4, -0.2) is 31.7 Å². The van der Waals surface area contributed by atoms with Crippen LogP contribution >= 0.6 is 12.4 Å². The van der Waals surface area contributed by atoms with Gasteiger partial charge in [0, 0.05) is 18.8 Å². The number of amides is 1. The van der Waals surface area contributed by atoms with Gasteiger partial charge in [-0.2, -0.15) is 0 Å². The molecule has 18 heavy (non-hydrogen) atoms. The molecule has 1 saturated heterocycles. The first kappa shape index (κ1) is 15.0. The van der Waals surface area contributed by atoms with Gasteiger partial charge < -0.3 is 15.4 Å². The van der Waals surface area contributed by atoms with E-state index in [9.17, 15) is 4.79 Å². The summed E-state index contributed by atoms with van der Waals surface area (Å²) >= 11 is 0. The molecule has 0 aliphatic carbocycles. The lowest BCUT2D eigenvalue weighted by molar-refractivity contribution is -0.128. The van der Waals surface area contributed by atoms with Crippen molar-refractivity contribution in [3.05, 3.63) is 29.8 Å². The summed E-state index contributed by atoms with van der Waals surface area (Å²) in [4.78, 5) is 11.8. The minimum Gasteiger partial charge on any atom is -0.366 e. The van der Waals surface area contributed by atoms with Crippen molar-refractivity contribution in [1.29, 1.82) is 0 Å². The molecular weight excluding hydrogens is 252 g/mol. The van der Waals surface area contributed by atoms with Crippen LogP contribution in [0.1, 0.15) is 12.5 Å². The van der Waals surface area contributed by atoms with E-state index < -0.39 is 0 Å². The summed E-state index contributed by atoms with van der Waals surface area (Å²) in [6, 6.07) is 7.89. The van der Waals surface area contributed by atoms with Crippen molar-refractivity contribution in [3.8, 4) is 0 Å². The zero-order valence-corrected chi connectivity index (χ0v) is 11.3. The topological polar surface area (TPSA) is 50.4 Å². The number of hydrogen-bond donors (Lipinski definition) is 2. The summed E-state index contributed by atoms with van der Waals surface area (Å²) in [6.07, 6.45) is 0.624. The van der Waals surface area contributed by atoms with Gasteiger partial charge in [-0.15, -0.1) is 12.4 Å². The fourth-order valence-electron chi connectivity index (χ4n) is 1.78. The number of rotatable bonds is 3. The van der Waals surface area contributed by atoms with Gasteiger partial charge in [-0.3, -0.25) is 4.79 Å². The first-order valence-corrected chi connectivity index (χ1v) is 6.01. The summed E-state index contributed by atoms with van der Waals surface area (Å²) in [5, 5.41) is 5.99. The Kier molecular flexibility index (Phi) is 6.12. The van der Waals surface area contributed by atoms with Crippen molar-refractivity contribution in [2.24, 2.45) is 0 Å². The first-order valence-electron chi connectivity index (χ1n) is 6.01. The van der Waals surface area contributed by atoms with E-state index in [0.29, 0.717) is 13.2 Å². The van der Waals surface area contributed by atoms with Gasteiger partial charge in [-0.1, -0.05) is 19.1 Å². The van der Waals surface area contributed by atoms with Crippen LogP contribution < -0.4 is 10.6 Å². The number of halogens is 1. The minimum atomic E-state index is -0.380. The van der Waals surface area contributed by atoms with Gasteiger partial charge in [0.25, 0.3) is 5.91 Å². The average molecular weight is 271 g/mol. The molecule has 1 unspecified atom stereocenters. The molecule has 1 aliphatic rings. The Morgan fingerprint density at radius 1 is 1.44 bits per heavy atom. The summed E-state index contributed by atoms with van der Waals surface area (Å²) in [6.45, 7) is 4.09. The number of benzene rings is 1. The second kappa shape index (κ2) is 7.36. The summed E-state index contributed by atoms with van der Waals surface area (Å²) in [5.41, 5.74) is 2.08. The highest BCUT2D eigenvalue weighted by atomic mass is 35.5. The lowest BCUT2D eigenvalue weighted by Gasteiger charge is -2.22. The summed E-state index contributed by atoms with van der Waals surface area (Å²) in [5.74, 6) is -0.0820. The number of nitrogens with one attached hydrogen (secondary N) is 2. The summed E-state index contributed by atoms with van der Waals surface area (Å²) in [7, 11) is 0. The van der Waals surface area contributed by atoms with Crippen LogP contribution in [0.15, 0.2) is 24.3 Å². The number of morpholine rings is 1. The van der Waals surface area contributed by atoms with Crippen molar-refractivity contribution in [2.75, 3.05) is 25.0 Å². The van der Waals surface area contributed by atoms with E-state index in [1.165, 1.54) is 5.56 Å². The van der Waals surface area contributed by atoms with Crippen molar-refractivity contribution in [1.82, 2.24) is 5.32 Å². The number of carbonyl (C=O) groups is 1. The number of hydrogen-bond acceptors (Lipinski definition) is 3. The average Bonchev–Trinajstić information content (AvgIpc) is 2.40. The van der Waals surface area contributed by atoms with Gasteiger partial charge >= 0.3 is 0 Å². The number of ether oxygens (including phenoxy) is 1. The highest BCUT2D eigenvalue weighted by Gasteiger charge is 2.21. The monoisotopic (exact) mass is 270 g/mol. The number of anilines is 1. The van der Waals surface area contributed by atoms with Crippen LogP contribution in [0.3, 0.4) is 0 Å². The first-order chi connectivity index (χ1) is 8.29. The standard InChI is InChI=1S/C13H18N2O2.ClH/c1-2-10-3-5-11(6-4-10)15-13(16)12-9-14-7-8-17-12;/h3-6,12,14H,2,7-9H2,1H3,(H,15,16);1H. The molecule has 1 aliphatic heterocycles. The van der Waals surface area contributed by atoms with Gasteiger partial charge in [-0.25, -0.2) is 0 Å². The van der Waals surface area contributed by atoms with Gasteiger partial charge in [0.2, 0.25) is 0 Å². The van der Waals surface area contributed by atoms with Crippen LogP contribution in [0.4, 0.5) is 5.69 Å². The van der Waals surface area contributed by atoms with E-state index in [-0.39, 0.29) is 24.4 Å². The van der Waals surface area contributed by atoms with Gasteiger partial charge in [-0.05, 0) is 24.1 Å². The molecule has 1 amide bonds. The van der Waals surface area contributed by atoms with Gasteiger partial charge in [0.15, 0.2) is 0 Å². The van der Waals surface area contributed by atoms with E-state index in [4.69, 9.17) is 4.74 Å². The van der Waals surface area contributed by atoms with E-state index in [2.05, 4.69) is 17.6 Å². The lowest BCUT2D eigenvalue weighted by atomic mass is 10.1. The second-order valence-corrected chi connectivity index (χ2v) is 4.10. The molecule has 2 N–H and O–H groups in total. The SMILES string of the molecule is CCc1ccc(NC(=O)C2CNCCO2)cc1.Cl. The predicted octanol–water partition coefficient (Wildman–Crippen LogP) is 1.60. The second-order valence-electron chi connectivity index (χ2n) is 4.10. The Labute approximate surface area is 114 Å². The van der Waals surface area contributed by atoms with Crippen molar-refractivity contribution in [2.45, 2.75) is 19.4 Å². The Bertz CT molecular complexity index is 375. The fourth-order valence-corrected chi connectivity index (χ4v) is 1.78. The molecule has 1 aromatic carbocycles. The maximum Gasteiger partial charge on any atom is 0.254 e. The predicted molar refractivity (Wildman–Crippen MR) is 74.3 cm³/mol. The molecule has 1 aromatic rings. The van der Waals surface area contributed by atoms with Crippen molar-refractivity contribution < 1.29 is 9.53 Å². The zero-order valence-electron chi connectivity index (χ0n) is 10.4. The lowest BCUT2D eigenvalue weighted by Crippen LogP contribution is -2.45. The molecule has 0 radical (unpaired) electrons. The molecule has 0 spiro atoms. The maximum absolute atomic E-state index is 11.8. The molecule has 0 aromatic heterocycles. The molecule has 0 saturated carbocycles. The smallest absolute Gasteiger partial charge is 0.254 e. The van der Waals surface area contributed by atoms with Gasteiger partial charge in [0.1, 0.15) is 6.10 Å². The van der Waals surface area contributed by atoms with Crippen molar-refractivity contribution >= 4 is 24.0 Å². The largest absolute Gasteiger partial charge is 0.366 e. The molecule has 4 nitrogen and oxygen atoms in total. The molecule has 1 heterocycles. The van der Waals surface area contributed by atoms with Crippen LogP contribution in [0, 0.1) is 0 Å². The quantitative estimate of drug-likeness (QED) is 0.877. The third kappa shape index (κ3) is 3.98. The molecule has 0 bridgehead atoms.